The first-order valence-corrected chi connectivity index (χ1v) is 11.8. The first-order valence-electron chi connectivity index (χ1n) is 9.17. The molecule has 0 aliphatic rings. The van der Waals surface area contributed by atoms with E-state index in [4.69, 9.17) is 10.7 Å². The van der Waals surface area contributed by atoms with Crippen LogP contribution in [0.3, 0.4) is 0 Å². The Morgan fingerprint density at radius 1 is 1.21 bits per heavy atom. The van der Waals surface area contributed by atoms with Crippen molar-refractivity contribution in [2.24, 2.45) is 0 Å². The third-order valence-corrected chi connectivity index (χ3v) is 7.76. The zero-order valence-electron chi connectivity index (χ0n) is 15.5. The number of hydrogen-bond donors (Lipinski definition) is 2. The van der Waals surface area contributed by atoms with Crippen LogP contribution in [0.5, 0.6) is 0 Å². The largest absolute Gasteiger partial charge is 0.397 e. The minimum absolute atomic E-state index is 0.0369. The van der Waals surface area contributed by atoms with Crippen molar-refractivity contribution in [2.45, 2.75) is 30.6 Å². The number of hydrogen-bond acceptors (Lipinski definition) is 7. The molecule has 4 aromatic rings. The first-order chi connectivity index (χ1) is 13.7. The number of fused-ring (bicyclic) bond motifs is 1. The highest BCUT2D eigenvalue weighted by Crippen LogP contribution is 2.45. The van der Waals surface area contributed by atoms with Gasteiger partial charge in [-0.15, -0.1) is 34.4 Å². The van der Waals surface area contributed by atoms with Gasteiger partial charge in [-0.05, 0) is 34.9 Å². The quantitative estimate of drug-likeness (QED) is 0.277. The third-order valence-electron chi connectivity index (χ3n) is 4.49. The summed E-state index contributed by atoms with van der Waals surface area (Å²) >= 11 is 5.07. The summed E-state index contributed by atoms with van der Waals surface area (Å²) in [4.78, 5) is 10.3. The molecule has 3 aromatic heterocycles. The number of pyridine rings is 1. The lowest BCUT2D eigenvalue weighted by atomic mass is 10.0. The molecule has 0 bridgehead atoms. The van der Waals surface area contributed by atoms with Gasteiger partial charge in [-0.3, -0.25) is 0 Å². The molecule has 7 heteroatoms. The van der Waals surface area contributed by atoms with Gasteiger partial charge in [-0.1, -0.05) is 37.6 Å². The van der Waals surface area contributed by atoms with E-state index in [2.05, 4.69) is 18.0 Å². The van der Waals surface area contributed by atoms with E-state index in [1.54, 1.807) is 28.9 Å². The summed E-state index contributed by atoms with van der Waals surface area (Å²) in [6.45, 7) is 2.24. The van der Waals surface area contributed by atoms with Crippen LogP contribution < -0.4 is 5.73 Å². The van der Waals surface area contributed by atoms with Crippen LogP contribution in [0.2, 0.25) is 0 Å². The summed E-state index contributed by atoms with van der Waals surface area (Å²) in [5.74, 6) is 1.06. The van der Waals surface area contributed by atoms with Gasteiger partial charge < -0.3 is 10.8 Å². The molecule has 0 saturated carbocycles. The summed E-state index contributed by atoms with van der Waals surface area (Å²) in [5, 5.41) is 13.2. The van der Waals surface area contributed by atoms with E-state index in [0.29, 0.717) is 0 Å². The molecule has 0 amide bonds. The third kappa shape index (κ3) is 3.80. The lowest BCUT2D eigenvalue weighted by molar-refractivity contribution is 0.282. The number of nitrogens with two attached hydrogens (primary N) is 1. The predicted molar refractivity (Wildman–Crippen MR) is 122 cm³/mol. The summed E-state index contributed by atoms with van der Waals surface area (Å²) in [5.41, 5.74) is 11.3. The minimum Gasteiger partial charge on any atom is -0.397 e. The number of benzene rings is 1. The van der Waals surface area contributed by atoms with Gasteiger partial charge in [0.25, 0.3) is 0 Å². The Bertz CT molecular complexity index is 1070. The maximum absolute atomic E-state index is 9.35. The molecule has 0 fully saturated rings. The predicted octanol–water partition coefficient (Wildman–Crippen LogP) is 6.05. The second kappa shape index (κ2) is 8.61. The maximum atomic E-state index is 9.35. The van der Waals surface area contributed by atoms with Crippen molar-refractivity contribution in [1.29, 1.82) is 0 Å². The van der Waals surface area contributed by atoms with Gasteiger partial charge in [0.15, 0.2) is 0 Å². The number of anilines is 1. The van der Waals surface area contributed by atoms with Gasteiger partial charge in [0.2, 0.25) is 0 Å². The van der Waals surface area contributed by atoms with E-state index in [-0.39, 0.29) is 6.61 Å². The highest BCUT2D eigenvalue weighted by Gasteiger charge is 2.18. The van der Waals surface area contributed by atoms with Crippen molar-refractivity contribution in [3.05, 3.63) is 47.5 Å². The number of aromatic nitrogens is 2. The van der Waals surface area contributed by atoms with Gasteiger partial charge >= 0.3 is 0 Å². The molecule has 28 heavy (non-hydrogen) atoms. The van der Waals surface area contributed by atoms with E-state index in [1.165, 1.54) is 12.8 Å². The Labute approximate surface area is 176 Å². The zero-order chi connectivity index (χ0) is 19.5. The molecule has 0 spiro atoms. The van der Waals surface area contributed by atoms with Crippen LogP contribution in [-0.2, 0) is 6.61 Å². The fourth-order valence-corrected chi connectivity index (χ4v) is 6.04. The van der Waals surface area contributed by atoms with Crippen LogP contribution in [0.1, 0.15) is 25.3 Å². The smallest absolute Gasteiger partial charge is 0.141 e. The van der Waals surface area contributed by atoms with Gasteiger partial charge in [0.05, 0.1) is 16.5 Å². The average Bonchev–Trinajstić information content (AvgIpc) is 3.37. The van der Waals surface area contributed by atoms with E-state index in [9.17, 15) is 5.11 Å². The number of aliphatic hydroxyl groups is 1. The van der Waals surface area contributed by atoms with E-state index < -0.39 is 0 Å². The highest BCUT2D eigenvalue weighted by molar-refractivity contribution is 8.01. The van der Waals surface area contributed by atoms with Gasteiger partial charge in [0.1, 0.15) is 15.5 Å². The molecular formula is C21H21N3OS3. The molecule has 0 saturated heterocycles. The Morgan fingerprint density at radius 2 is 2.04 bits per heavy atom. The lowest BCUT2D eigenvalue weighted by Gasteiger charge is -2.08. The Morgan fingerprint density at radius 3 is 2.71 bits per heavy atom. The Kier molecular flexibility index (Phi) is 5.96. The van der Waals surface area contributed by atoms with E-state index in [1.807, 2.05) is 41.4 Å². The van der Waals surface area contributed by atoms with Crippen LogP contribution in [0.15, 0.2) is 46.1 Å². The van der Waals surface area contributed by atoms with E-state index >= 15 is 0 Å². The number of thiophene rings is 1. The van der Waals surface area contributed by atoms with Crippen LogP contribution in [0.4, 0.5) is 5.69 Å². The van der Waals surface area contributed by atoms with Crippen molar-refractivity contribution in [2.75, 3.05) is 11.5 Å². The van der Waals surface area contributed by atoms with Crippen molar-refractivity contribution in [1.82, 2.24) is 9.97 Å². The number of nitrogens with zero attached hydrogens (tertiary/aromatic N) is 2. The molecule has 0 radical (unpaired) electrons. The van der Waals surface area contributed by atoms with Crippen LogP contribution in [0.25, 0.3) is 32.0 Å². The van der Waals surface area contributed by atoms with Gasteiger partial charge in [-0.25, -0.2) is 9.97 Å². The normalized spacial score (nSPS) is 11.4. The number of thiazole rings is 1. The molecule has 0 aliphatic heterocycles. The monoisotopic (exact) mass is 427 g/mol. The zero-order valence-corrected chi connectivity index (χ0v) is 18.0. The maximum Gasteiger partial charge on any atom is 0.141 e. The molecule has 4 nitrogen and oxygen atoms in total. The van der Waals surface area contributed by atoms with Crippen LogP contribution in [-0.4, -0.2) is 20.8 Å². The molecule has 3 heterocycles. The molecule has 1 aromatic carbocycles. The Balaban J connectivity index is 1.88. The molecule has 3 N–H and O–H groups in total. The van der Waals surface area contributed by atoms with E-state index in [0.717, 1.165) is 53.3 Å². The minimum atomic E-state index is 0.0369. The number of thioether (sulfide) groups is 1. The van der Waals surface area contributed by atoms with Crippen molar-refractivity contribution in [3.8, 4) is 21.8 Å². The van der Waals surface area contributed by atoms with Crippen LogP contribution in [0, 0.1) is 0 Å². The fraction of sp³-hybridized carbons (Fsp3) is 0.238. The lowest BCUT2D eigenvalue weighted by Crippen LogP contribution is -1.91. The van der Waals surface area contributed by atoms with Gasteiger partial charge in [-0.2, -0.15) is 0 Å². The molecular weight excluding hydrogens is 406 g/mol. The van der Waals surface area contributed by atoms with Crippen molar-refractivity contribution >= 4 is 50.3 Å². The number of nitrogen functional groups attached to an aromatic ring is 1. The molecule has 4 rings (SSSR count). The second-order valence-corrected chi connectivity index (χ2v) is 9.69. The first kappa shape index (κ1) is 19.4. The standard InChI is InChI=1S/C21H21N3OS3/c1-2-3-9-27-21-18(22)17-15(14-6-4-13(12-25)5-7-14)11-16(24-20(17)28-21)19-23-8-10-26-19/h4-8,10-11,25H,2-3,9,12,22H2,1H3. The summed E-state index contributed by atoms with van der Waals surface area (Å²) < 4.78 is 1.14. The number of rotatable bonds is 7. The average molecular weight is 428 g/mol. The molecule has 0 aliphatic carbocycles. The number of aliphatic hydroxyl groups excluding tert-OH is 1. The van der Waals surface area contributed by atoms with Crippen molar-refractivity contribution < 1.29 is 5.11 Å². The summed E-state index contributed by atoms with van der Waals surface area (Å²) in [7, 11) is 0. The van der Waals surface area contributed by atoms with Crippen molar-refractivity contribution in [3.63, 3.8) is 0 Å². The molecule has 144 valence electrons. The SMILES string of the molecule is CCCCSc1sc2nc(-c3nccs3)cc(-c3ccc(CO)cc3)c2c1N. The second-order valence-electron chi connectivity index (χ2n) is 6.43. The molecule has 0 atom stereocenters. The Hall–Kier alpha value is -1.93. The summed E-state index contributed by atoms with van der Waals surface area (Å²) in [6, 6.07) is 10.0. The topological polar surface area (TPSA) is 72.0 Å². The highest BCUT2D eigenvalue weighted by atomic mass is 32.2. The number of unbranched alkanes of at least 4 members (excludes halogenated alkanes) is 1. The van der Waals surface area contributed by atoms with Crippen LogP contribution >= 0.6 is 34.4 Å². The summed E-state index contributed by atoms with van der Waals surface area (Å²) in [6.07, 6.45) is 4.15. The van der Waals surface area contributed by atoms with Gasteiger partial charge in [0, 0.05) is 17.0 Å². The molecule has 0 unspecified atom stereocenters. The fourth-order valence-electron chi connectivity index (χ4n) is 2.99.